The van der Waals surface area contributed by atoms with Crippen LogP contribution in [0.15, 0.2) is 54.6 Å². The number of rotatable bonds is 4. The van der Waals surface area contributed by atoms with Gasteiger partial charge in [0.2, 0.25) is 0 Å². The van der Waals surface area contributed by atoms with Crippen molar-refractivity contribution in [3.8, 4) is 11.3 Å². The number of aliphatic hydroxyl groups excluding tert-OH is 1. The summed E-state index contributed by atoms with van der Waals surface area (Å²) in [4.78, 5) is 17.0. The Labute approximate surface area is 138 Å². The molecule has 0 spiro atoms. The van der Waals surface area contributed by atoms with Gasteiger partial charge in [-0.3, -0.25) is 4.79 Å². The number of halogens is 1. The number of hydrogen-bond acceptors (Lipinski definition) is 3. The van der Waals surface area contributed by atoms with Crippen molar-refractivity contribution in [2.45, 2.75) is 0 Å². The fourth-order valence-corrected chi connectivity index (χ4v) is 2.52. The average Bonchev–Trinajstić information content (AvgIpc) is 2.59. The zero-order valence-corrected chi connectivity index (χ0v) is 13.0. The number of amides is 1. The zero-order chi connectivity index (χ0) is 16.2. The van der Waals surface area contributed by atoms with E-state index in [2.05, 4.69) is 10.3 Å². The maximum absolute atomic E-state index is 12.4. The predicted octanol–water partition coefficient (Wildman–Crippen LogP) is 3.28. The van der Waals surface area contributed by atoms with E-state index in [-0.39, 0.29) is 19.1 Å². The van der Waals surface area contributed by atoms with Crippen LogP contribution in [0.3, 0.4) is 0 Å². The first-order valence-electron chi connectivity index (χ1n) is 7.24. The molecule has 0 saturated carbocycles. The van der Waals surface area contributed by atoms with Crippen molar-refractivity contribution in [1.29, 1.82) is 0 Å². The fraction of sp³-hybridized carbons (Fsp3) is 0.111. The van der Waals surface area contributed by atoms with Gasteiger partial charge in [0.25, 0.3) is 5.91 Å². The maximum Gasteiger partial charge on any atom is 0.252 e. The number of para-hydroxylation sites is 1. The summed E-state index contributed by atoms with van der Waals surface area (Å²) in [5, 5.41) is 13.0. The van der Waals surface area contributed by atoms with Crippen molar-refractivity contribution >= 4 is 28.4 Å². The Kier molecular flexibility index (Phi) is 4.55. The predicted molar refractivity (Wildman–Crippen MR) is 91.6 cm³/mol. The van der Waals surface area contributed by atoms with Gasteiger partial charge in [0.1, 0.15) is 0 Å². The normalized spacial score (nSPS) is 10.7. The van der Waals surface area contributed by atoms with E-state index in [4.69, 9.17) is 16.7 Å². The van der Waals surface area contributed by atoms with Gasteiger partial charge in [0.15, 0.2) is 0 Å². The Morgan fingerprint density at radius 1 is 1.13 bits per heavy atom. The number of carbonyl (C=O) groups is 1. The van der Waals surface area contributed by atoms with Crippen LogP contribution in [-0.4, -0.2) is 29.1 Å². The van der Waals surface area contributed by atoms with Crippen LogP contribution in [0.4, 0.5) is 0 Å². The largest absolute Gasteiger partial charge is 0.395 e. The first-order chi connectivity index (χ1) is 11.2. The van der Waals surface area contributed by atoms with Crippen molar-refractivity contribution in [2.24, 2.45) is 0 Å². The second-order valence-corrected chi connectivity index (χ2v) is 5.50. The minimum absolute atomic E-state index is 0.0984. The highest BCUT2D eigenvalue weighted by Gasteiger charge is 2.13. The van der Waals surface area contributed by atoms with E-state index in [0.29, 0.717) is 16.3 Å². The van der Waals surface area contributed by atoms with Crippen LogP contribution in [0.5, 0.6) is 0 Å². The van der Waals surface area contributed by atoms with E-state index in [0.717, 1.165) is 16.5 Å². The number of nitrogens with zero attached hydrogens (tertiary/aromatic N) is 1. The highest BCUT2D eigenvalue weighted by Crippen LogP contribution is 2.25. The van der Waals surface area contributed by atoms with Crippen LogP contribution in [0, 0.1) is 0 Å². The summed E-state index contributed by atoms with van der Waals surface area (Å²) in [6.45, 7) is 0.116. The van der Waals surface area contributed by atoms with Crippen molar-refractivity contribution in [3.63, 3.8) is 0 Å². The first kappa shape index (κ1) is 15.5. The third-order valence-corrected chi connectivity index (χ3v) is 3.75. The van der Waals surface area contributed by atoms with Crippen LogP contribution in [-0.2, 0) is 0 Å². The molecule has 4 nitrogen and oxygen atoms in total. The molecule has 1 heterocycles. The summed E-state index contributed by atoms with van der Waals surface area (Å²) in [6.07, 6.45) is 0. The number of carbonyl (C=O) groups excluding carboxylic acids is 1. The summed E-state index contributed by atoms with van der Waals surface area (Å²) in [6, 6.07) is 16.6. The van der Waals surface area contributed by atoms with Gasteiger partial charge in [-0.1, -0.05) is 41.9 Å². The highest BCUT2D eigenvalue weighted by molar-refractivity contribution is 6.30. The third kappa shape index (κ3) is 3.33. The van der Waals surface area contributed by atoms with Crippen LogP contribution < -0.4 is 5.32 Å². The number of fused-ring (bicyclic) bond motifs is 1. The smallest absolute Gasteiger partial charge is 0.252 e. The molecule has 116 valence electrons. The molecule has 1 amide bonds. The molecule has 0 aliphatic carbocycles. The van der Waals surface area contributed by atoms with Gasteiger partial charge in [-0.25, -0.2) is 4.98 Å². The van der Waals surface area contributed by atoms with Crippen molar-refractivity contribution in [1.82, 2.24) is 10.3 Å². The van der Waals surface area contributed by atoms with Gasteiger partial charge < -0.3 is 10.4 Å². The maximum atomic E-state index is 12.4. The number of aromatic nitrogens is 1. The van der Waals surface area contributed by atoms with Crippen LogP contribution in [0.1, 0.15) is 10.4 Å². The number of benzene rings is 2. The second kappa shape index (κ2) is 6.77. The molecule has 1 aromatic heterocycles. The van der Waals surface area contributed by atoms with Crippen molar-refractivity contribution in [2.75, 3.05) is 13.2 Å². The van der Waals surface area contributed by atoms with E-state index in [1.54, 1.807) is 18.2 Å². The molecule has 0 radical (unpaired) electrons. The molecule has 0 unspecified atom stereocenters. The van der Waals surface area contributed by atoms with Gasteiger partial charge in [-0.05, 0) is 24.3 Å². The summed E-state index contributed by atoms with van der Waals surface area (Å²) < 4.78 is 0. The summed E-state index contributed by atoms with van der Waals surface area (Å²) in [5.74, 6) is -0.229. The molecule has 0 saturated heterocycles. The molecule has 3 rings (SSSR count). The Morgan fingerprint density at radius 2 is 1.87 bits per heavy atom. The SMILES string of the molecule is O=C(NCCO)c1cc(-c2ccc(Cl)cc2)nc2ccccc12. The molecular weight excluding hydrogens is 312 g/mol. The van der Waals surface area contributed by atoms with Gasteiger partial charge in [0, 0.05) is 22.5 Å². The van der Waals surface area contributed by atoms with Crippen LogP contribution in [0.25, 0.3) is 22.2 Å². The monoisotopic (exact) mass is 326 g/mol. The molecule has 5 heteroatoms. The van der Waals surface area contributed by atoms with E-state index in [1.807, 2.05) is 36.4 Å². The van der Waals surface area contributed by atoms with Gasteiger partial charge >= 0.3 is 0 Å². The minimum atomic E-state index is -0.229. The quantitative estimate of drug-likeness (QED) is 0.773. The molecule has 0 atom stereocenters. The molecule has 2 N–H and O–H groups in total. The van der Waals surface area contributed by atoms with Gasteiger partial charge in [-0.15, -0.1) is 0 Å². The van der Waals surface area contributed by atoms with E-state index >= 15 is 0 Å². The Balaban J connectivity index is 2.13. The minimum Gasteiger partial charge on any atom is -0.395 e. The second-order valence-electron chi connectivity index (χ2n) is 5.06. The van der Waals surface area contributed by atoms with E-state index < -0.39 is 0 Å². The number of aliphatic hydroxyl groups is 1. The van der Waals surface area contributed by atoms with Crippen LogP contribution >= 0.6 is 11.6 Å². The average molecular weight is 327 g/mol. The molecule has 23 heavy (non-hydrogen) atoms. The molecular formula is C18H15ClN2O2. The molecule has 3 aromatic rings. The summed E-state index contributed by atoms with van der Waals surface area (Å²) in [5.41, 5.74) is 2.87. The summed E-state index contributed by atoms with van der Waals surface area (Å²) >= 11 is 5.92. The lowest BCUT2D eigenvalue weighted by atomic mass is 10.0. The van der Waals surface area contributed by atoms with Crippen molar-refractivity contribution in [3.05, 3.63) is 65.2 Å². The Morgan fingerprint density at radius 3 is 2.61 bits per heavy atom. The summed E-state index contributed by atoms with van der Waals surface area (Å²) in [7, 11) is 0. The molecule has 0 aliphatic heterocycles. The molecule has 2 aromatic carbocycles. The Hall–Kier alpha value is -2.43. The Bertz CT molecular complexity index is 847. The van der Waals surface area contributed by atoms with Crippen molar-refractivity contribution < 1.29 is 9.90 Å². The number of nitrogens with one attached hydrogen (secondary N) is 1. The zero-order valence-electron chi connectivity index (χ0n) is 12.3. The lowest BCUT2D eigenvalue weighted by Crippen LogP contribution is -2.26. The van der Waals surface area contributed by atoms with Crippen LogP contribution in [0.2, 0.25) is 5.02 Å². The standard InChI is InChI=1S/C18H15ClN2O2/c19-13-7-5-12(6-8-13)17-11-15(18(23)20-9-10-22)14-3-1-2-4-16(14)21-17/h1-8,11,22H,9-10H2,(H,20,23). The molecule has 0 aliphatic rings. The van der Waals surface area contributed by atoms with E-state index in [9.17, 15) is 4.79 Å². The lowest BCUT2D eigenvalue weighted by Gasteiger charge is -2.10. The van der Waals surface area contributed by atoms with Gasteiger partial charge in [-0.2, -0.15) is 0 Å². The fourth-order valence-electron chi connectivity index (χ4n) is 2.40. The number of hydrogen-bond donors (Lipinski definition) is 2. The van der Waals surface area contributed by atoms with Gasteiger partial charge in [0.05, 0.1) is 23.4 Å². The third-order valence-electron chi connectivity index (χ3n) is 3.50. The van der Waals surface area contributed by atoms with E-state index in [1.165, 1.54) is 0 Å². The number of pyridine rings is 1. The first-order valence-corrected chi connectivity index (χ1v) is 7.61. The highest BCUT2D eigenvalue weighted by atomic mass is 35.5. The molecule has 0 fully saturated rings. The topological polar surface area (TPSA) is 62.2 Å². The molecule has 0 bridgehead atoms. The lowest BCUT2D eigenvalue weighted by molar-refractivity contribution is 0.0946.